The first-order chi connectivity index (χ1) is 14.6. The van der Waals surface area contributed by atoms with E-state index in [2.05, 4.69) is 10.3 Å². The number of hydrogen-bond donors (Lipinski definition) is 1. The van der Waals surface area contributed by atoms with E-state index in [-0.39, 0.29) is 5.91 Å². The summed E-state index contributed by atoms with van der Waals surface area (Å²) in [7, 11) is 0. The molecule has 0 atom stereocenters. The molecule has 0 saturated heterocycles. The van der Waals surface area contributed by atoms with Gasteiger partial charge in [0.2, 0.25) is 0 Å². The maximum atomic E-state index is 13.4. The van der Waals surface area contributed by atoms with E-state index in [1.165, 1.54) is 0 Å². The van der Waals surface area contributed by atoms with E-state index in [1.807, 2.05) is 97.2 Å². The Kier molecular flexibility index (Phi) is 4.29. The van der Waals surface area contributed by atoms with Gasteiger partial charge in [-0.05, 0) is 37.6 Å². The largest absolute Gasteiger partial charge is 0.306 e. The number of aryl methyl sites for hydroxylation is 2. The Labute approximate surface area is 174 Å². The summed E-state index contributed by atoms with van der Waals surface area (Å²) in [6.07, 6.45) is 1.92. The number of anilines is 1. The fourth-order valence-electron chi connectivity index (χ4n) is 3.79. The van der Waals surface area contributed by atoms with E-state index in [9.17, 15) is 4.79 Å². The van der Waals surface area contributed by atoms with Crippen LogP contribution in [0.5, 0.6) is 0 Å². The topological polar surface area (TPSA) is 59.3 Å². The average molecular weight is 392 g/mol. The number of fused-ring (bicyclic) bond motifs is 2. The van der Waals surface area contributed by atoms with Crippen LogP contribution < -0.4 is 5.32 Å². The van der Waals surface area contributed by atoms with Crippen LogP contribution in [0.4, 0.5) is 5.82 Å². The van der Waals surface area contributed by atoms with Gasteiger partial charge in [-0.1, -0.05) is 54.6 Å². The molecule has 0 aliphatic carbocycles. The number of benzene rings is 2. The van der Waals surface area contributed by atoms with Crippen LogP contribution in [0.25, 0.3) is 27.8 Å². The minimum atomic E-state index is -0.183. The molecule has 3 aromatic heterocycles. The summed E-state index contributed by atoms with van der Waals surface area (Å²) in [5.41, 5.74) is 5.76. The quantitative estimate of drug-likeness (QED) is 0.446. The Bertz CT molecular complexity index is 1400. The number of imidazole rings is 1. The van der Waals surface area contributed by atoms with Gasteiger partial charge in [0.1, 0.15) is 17.2 Å². The van der Waals surface area contributed by atoms with E-state index >= 15 is 0 Å². The SMILES string of the molecule is Cc1cc(C(=O)Nc2c(-c3ccccc3)nc3c(C)cccn23)c2ccccc2n1. The van der Waals surface area contributed by atoms with Gasteiger partial charge in [0.15, 0.2) is 0 Å². The smallest absolute Gasteiger partial charge is 0.257 e. The number of carbonyl (C=O) groups excluding carboxylic acids is 1. The number of aromatic nitrogens is 3. The second-order valence-corrected chi connectivity index (χ2v) is 7.34. The highest BCUT2D eigenvalue weighted by molar-refractivity contribution is 6.13. The van der Waals surface area contributed by atoms with Crippen LogP contribution >= 0.6 is 0 Å². The van der Waals surface area contributed by atoms with Crippen molar-refractivity contribution in [3.05, 3.63) is 95.8 Å². The van der Waals surface area contributed by atoms with Crippen molar-refractivity contribution in [1.82, 2.24) is 14.4 Å². The lowest BCUT2D eigenvalue weighted by Crippen LogP contribution is -2.15. The van der Waals surface area contributed by atoms with Gasteiger partial charge in [-0.3, -0.25) is 14.2 Å². The summed E-state index contributed by atoms with van der Waals surface area (Å²) in [6.45, 7) is 3.92. The predicted molar refractivity (Wildman–Crippen MR) is 120 cm³/mol. The second kappa shape index (κ2) is 7.12. The molecule has 30 heavy (non-hydrogen) atoms. The van der Waals surface area contributed by atoms with Crippen molar-refractivity contribution in [2.24, 2.45) is 0 Å². The van der Waals surface area contributed by atoms with Crippen LogP contribution in [0.1, 0.15) is 21.6 Å². The first-order valence-corrected chi connectivity index (χ1v) is 9.82. The number of pyridine rings is 2. The van der Waals surface area contributed by atoms with Gasteiger partial charge in [0, 0.05) is 22.8 Å². The van der Waals surface area contributed by atoms with E-state index < -0.39 is 0 Å². The highest BCUT2D eigenvalue weighted by atomic mass is 16.1. The minimum Gasteiger partial charge on any atom is -0.306 e. The number of rotatable bonds is 3. The second-order valence-electron chi connectivity index (χ2n) is 7.34. The van der Waals surface area contributed by atoms with Crippen molar-refractivity contribution < 1.29 is 4.79 Å². The maximum Gasteiger partial charge on any atom is 0.257 e. The molecule has 0 fully saturated rings. The Morgan fingerprint density at radius 1 is 0.900 bits per heavy atom. The number of nitrogens with zero attached hydrogens (tertiary/aromatic N) is 3. The molecule has 5 nitrogen and oxygen atoms in total. The zero-order valence-corrected chi connectivity index (χ0v) is 16.8. The normalized spacial score (nSPS) is 11.1. The van der Waals surface area contributed by atoms with E-state index in [1.54, 1.807) is 0 Å². The Morgan fingerprint density at radius 2 is 1.67 bits per heavy atom. The van der Waals surface area contributed by atoms with Gasteiger partial charge in [-0.25, -0.2) is 4.98 Å². The van der Waals surface area contributed by atoms with Crippen LogP contribution in [0.3, 0.4) is 0 Å². The fourth-order valence-corrected chi connectivity index (χ4v) is 3.79. The van der Waals surface area contributed by atoms with Crippen molar-refractivity contribution in [3.63, 3.8) is 0 Å². The van der Waals surface area contributed by atoms with Crippen LogP contribution in [0.15, 0.2) is 79.0 Å². The molecule has 2 aromatic carbocycles. The highest BCUT2D eigenvalue weighted by Gasteiger charge is 2.19. The van der Waals surface area contributed by atoms with Gasteiger partial charge in [0.05, 0.1) is 11.1 Å². The first-order valence-electron chi connectivity index (χ1n) is 9.82. The number of hydrogen-bond acceptors (Lipinski definition) is 3. The number of nitrogens with one attached hydrogen (secondary N) is 1. The molecule has 0 aliphatic rings. The van der Waals surface area contributed by atoms with Crippen molar-refractivity contribution in [2.75, 3.05) is 5.32 Å². The van der Waals surface area contributed by atoms with Crippen LogP contribution in [0, 0.1) is 13.8 Å². The van der Waals surface area contributed by atoms with Crippen LogP contribution in [0.2, 0.25) is 0 Å². The third-order valence-corrected chi connectivity index (χ3v) is 5.21. The number of amides is 1. The molecule has 5 aromatic rings. The van der Waals surface area contributed by atoms with Crippen LogP contribution in [-0.4, -0.2) is 20.3 Å². The zero-order chi connectivity index (χ0) is 20.7. The molecule has 146 valence electrons. The summed E-state index contributed by atoms with van der Waals surface area (Å²) in [5.74, 6) is 0.473. The molecule has 5 heteroatoms. The molecule has 1 amide bonds. The molecule has 5 rings (SSSR count). The van der Waals surface area contributed by atoms with Gasteiger partial charge in [-0.2, -0.15) is 0 Å². The summed E-state index contributed by atoms with van der Waals surface area (Å²) in [5, 5.41) is 3.95. The molecular weight excluding hydrogens is 372 g/mol. The Hall–Kier alpha value is -3.99. The van der Waals surface area contributed by atoms with Gasteiger partial charge < -0.3 is 5.32 Å². The van der Waals surface area contributed by atoms with Gasteiger partial charge in [0.25, 0.3) is 5.91 Å². The minimum absolute atomic E-state index is 0.183. The molecule has 3 heterocycles. The lowest BCUT2D eigenvalue weighted by Gasteiger charge is -2.11. The lowest BCUT2D eigenvalue weighted by atomic mass is 10.1. The van der Waals surface area contributed by atoms with Crippen LogP contribution in [-0.2, 0) is 0 Å². The monoisotopic (exact) mass is 392 g/mol. The summed E-state index contributed by atoms with van der Waals surface area (Å²) in [6, 6.07) is 23.4. The Balaban J connectivity index is 1.68. The van der Waals surface area contributed by atoms with E-state index in [0.29, 0.717) is 11.4 Å². The zero-order valence-electron chi connectivity index (χ0n) is 16.8. The molecule has 0 saturated carbocycles. The third kappa shape index (κ3) is 3.01. The molecular formula is C25H20N4O. The summed E-state index contributed by atoms with van der Waals surface area (Å²) >= 11 is 0. The standard InChI is InChI=1S/C25H20N4O/c1-16-9-8-14-29-23(16)27-22(18-10-4-3-5-11-18)24(29)28-25(30)20-15-17(2)26-21-13-7-6-12-19(20)21/h3-15H,1-2H3,(H,28,30). The first kappa shape index (κ1) is 18.1. The fraction of sp³-hybridized carbons (Fsp3) is 0.0800. The molecule has 0 unspecified atom stereocenters. The third-order valence-electron chi connectivity index (χ3n) is 5.21. The molecule has 0 aliphatic heterocycles. The molecule has 0 radical (unpaired) electrons. The van der Waals surface area contributed by atoms with Crippen molar-refractivity contribution >= 4 is 28.3 Å². The summed E-state index contributed by atoms with van der Waals surface area (Å²) in [4.78, 5) is 22.8. The predicted octanol–water partition coefficient (Wildman–Crippen LogP) is 5.42. The lowest BCUT2D eigenvalue weighted by molar-refractivity contribution is 0.102. The molecule has 0 bridgehead atoms. The number of para-hydroxylation sites is 1. The van der Waals surface area contributed by atoms with Gasteiger partial charge >= 0.3 is 0 Å². The summed E-state index contributed by atoms with van der Waals surface area (Å²) < 4.78 is 1.94. The molecule has 0 spiro atoms. The highest BCUT2D eigenvalue weighted by Crippen LogP contribution is 2.30. The number of carbonyl (C=O) groups is 1. The average Bonchev–Trinajstić information content (AvgIpc) is 3.13. The van der Waals surface area contributed by atoms with Gasteiger partial charge in [-0.15, -0.1) is 0 Å². The van der Waals surface area contributed by atoms with E-state index in [4.69, 9.17) is 4.98 Å². The Morgan fingerprint density at radius 3 is 2.50 bits per heavy atom. The molecule has 1 N–H and O–H groups in total. The van der Waals surface area contributed by atoms with Crippen molar-refractivity contribution in [1.29, 1.82) is 0 Å². The van der Waals surface area contributed by atoms with Crippen molar-refractivity contribution in [3.8, 4) is 11.3 Å². The van der Waals surface area contributed by atoms with E-state index in [0.717, 1.165) is 39.1 Å². The van der Waals surface area contributed by atoms with Crippen molar-refractivity contribution in [2.45, 2.75) is 13.8 Å². The maximum absolute atomic E-state index is 13.4.